The Bertz CT molecular complexity index is 1090. The second kappa shape index (κ2) is 7.29. The second-order valence-electron chi connectivity index (χ2n) is 5.87. The van der Waals surface area contributed by atoms with Crippen molar-refractivity contribution in [3.63, 3.8) is 0 Å². The Morgan fingerprint density at radius 2 is 1.78 bits per heavy atom. The fourth-order valence-electron chi connectivity index (χ4n) is 2.46. The lowest BCUT2D eigenvalue weighted by molar-refractivity contribution is 0.102. The molecule has 140 valence electrons. The number of rotatable bonds is 5. The first-order valence-electron chi connectivity index (χ1n) is 8.06. The number of benzene rings is 2. The fourth-order valence-corrected chi connectivity index (χ4v) is 3.45. The van der Waals surface area contributed by atoms with E-state index in [1.165, 1.54) is 13.1 Å². The zero-order valence-corrected chi connectivity index (χ0v) is 15.8. The predicted octanol–water partition coefficient (Wildman–Crippen LogP) is 2.51. The Labute approximate surface area is 156 Å². The maximum Gasteiger partial charge on any atom is 0.257 e. The molecule has 0 aliphatic rings. The normalized spacial score (nSPS) is 11.4. The summed E-state index contributed by atoms with van der Waals surface area (Å²) in [7, 11) is -2.27. The van der Waals surface area contributed by atoms with Crippen LogP contribution < -0.4 is 10.0 Å². The van der Waals surface area contributed by atoms with Crippen molar-refractivity contribution in [1.29, 1.82) is 0 Å². The Kier molecular flexibility index (Phi) is 5.06. The standard InChI is InChI=1S/C18H18N4O4S/c1-11-4-9-15(10-16(11)27(24,25)19-3)21-17(23)13-5-7-14(8-6-13)18-20-12(2)22-26-18/h4-10,19H,1-3H3,(H,21,23). The highest BCUT2D eigenvalue weighted by molar-refractivity contribution is 7.89. The van der Waals surface area contributed by atoms with E-state index >= 15 is 0 Å². The smallest absolute Gasteiger partial charge is 0.257 e. The molecule has 27 heavy (non-hydrogen) atoms. The molecular formula is C18H18N4O4S. The molecule has 0 fully saturated rings. The molecule has 0 aliphatic carbocycles. The van der Waals surface area contributed by atoms with Gasteiger partial charge < -0.3 is 9.84 Å². The molecule has 0 saturated heterocycles. The van der Waals surface area contributed by atoms with Crippen LogP contribution in [0.2, 0.25) is 0 Å². The van der Waals surface area contributed by atoms with Gasteiger partial charge in [0.2, 0.25) is 10.0 Å². The van der Waals surface area contributed by atoms with Gasteiger partial charge in [-0.15, -0.1) is 0 Å². The number of anilines is 1. The minimum absolute atomic E-state index is 0.116. The summed E-state index contributed by atoms with van der Waals surface area (Å²) in [6, 6.07) is 11.4. The van der Waals surface area contributed by atoms with Gasteiger partial charge in [0, 0.05) is 16.8 Å². The number of nitrogens with one attached hydrogen (secondary N) is 2. The molecule has 0 radical (unpaired) electrons. The Balaban J connectivity index is 1.80. The van der Waals surface area contributed by atoms with Crippen molar-refractivity contribution in [3.8, 4) is 11.5 Å². The average molecular weight is 386 g/mol. The summed E-state index contributed by atoms with van der Waals surface area (Å²) in [5, 5.41) is 6.43. The number of hydrogen-bond acceptors (Lipinski definition) is 6. The van der Waals surface area contributed by atoms with E-state index in [0.29, 0.717) is 34.1 Å². The lowest BCUT2D eigenvalue weighted by atomic mass is 10.1. The monoisotopic (exact) mass is 386 g/mol. The molecule has 8 nitrogen and oxygen atoms in total. The minimum atomic E-state index is -3.61. The van der Waals surface area contributed by atoms with Crippen LogP contribution in [0.1, 0.15) is 21.7 Å². The van der Waals surface area contributed by atoms with Gasteiger partial charge in [0.15, 0.2) is 5.82 Å². The molecule has 0 saturated carbocycles. The van der Waals surface area contributed by atoms with Crippen LogP contribution in [0.5, 0.6) is 0 Å². The number of amides is 1. The van der Waals surface area contributed by atoms with E-state index < -0.39 is 10.0 Å². The first kappa shape index (κ1) is 18.7. The number of carbonyl (C=O) groups excluding carboxylic acids is 1. The van der Waals surface area contributed by atoms with E-state index in [0.717, 1.165) is 0 Å². The van der Waals surface area contributed by atoms with Crippen molar-refractivity contribution in [2.45, 2.75) is 18.7 Å². The summed E-state index contributed by atoms with van der Waals surface area (Å²) < 4.78 is 31.5. The predicted molar refractivity (Wildman–Crippen MR) is 99.8 cm³/mol. The lowest BCUT2D eigenvalue weighted by Gasteiger charge is -2.10. The summed E-state index contributed by atoms with van der Waals surface area (Å²) in [6.45, 7) is 3.41. The van der Waals surface area contributed by atoms with Crippen molar-refractivity contribution >= 4 is 21.6 Å². The van der Waals surface area contributed by atoms with Crippen molar-refractivity contribution in [3.05, 3.63) is 59.4 Å². The number of hydrogen-bond donors (Lipinski definition) is 2. The number of sulfonamides is 1. The van der Waals surface area contributed by atoms with Crippen LogP contribution in [0.3, 0.4) is 0 Å². The molecule has 2 N–H and O–H groups in total. The second-order valence-corrected chi connectivity index (χ2v) is 7.72. The third-order valence-corrected chi connectivity index (χ3v) is 5.48. The van der Waals surface area contributed by atoms with Gasteiger partial charge in [0.1, 0.15) is 0 Å². The molecule has 0 aliphatic heterocycles. The van der Waals surface area contributed by atoms with E-state index in [9.17, 15) is 13.2 Å². The molecule has 1 amide bonds. The van der Waals surface area contributed by atoms with Crippen LogP contribution in [0.15, 0.2) is 51.9 Å². The van der Waals surface area contributed by atoms with Gasteiger partial charge in [-0.1, -0.05) is 11.2 Å². The van der Waals surface area contributed by atoms with Crippen molar-refractivity contribution in [2.24, 2.45) is 0 Å². The quantitative estimate of drug-likeness (QED) is 0.696. The van der Waals surface area contributed by atoms with Crippen LogP contribution >= 0.6 is 0 Å². The van der Waals surface area contributed by atoms with Gasteiger partial charge in [0.05, 0.1) is 4.90 Å². The topological polar surface area (TPSA) is 114 Å². The Hall–Kier alpha value is -3.04. The fraction of sp³-hybridized carbons (Fsp3) is 0.167. The largest absolute Gasteiger partial charge is 0.334 e. The average Bonchev–Trinajstić information content (AvgIpc) is 3.09. The maximum atomic E-state index is 12.5. The van der Waals surface area contributed by atoms with Crippen LogP contribution in [-0.2, 0) is 10.0 Å². The molecule has 9 heteroatoms. The molecule has 0 bridgehead atoms. The van der Waals surface area contributed by atoms with Gasteiger partial charge in [0.25, 0.3) is 11.8 Å². The highest BCUT2D eigenvalue weighted by Gasteiger charge is 2.16. The number of nitrogens with zero attached hydrogens (tertiary/aromatic N) is 2. The van der Waals surface area contributed by atoms with E-state index in [-0.39, 0.29) is 10.8 Å². The van der Waals surface area contributed by atoms with E-state index in [4.69, 9.17) is 4.52 Å². The molecule has 0 atom stereocenters. The third kappa shape index (κ3) is 4.04. The summed E-state index contributed by atoms with van der Waals surface area (Å²) in [5.41, 5.74) is 2.08. The van der Waals surface area contributed by atoms with Crippen molar-refractivity contribution in [1.82, 2.24) is 14.9 Å². The highest BCUT2D eigenvalue weighted by Crippen LogP contribution is 2.21. The SMILES string of the molecule is CNS(=O)(=O)c1cc(NC(=O)c2ccc(-c3nc(C)no3)cc2)ccc1C. The summed E-state index contributed by atoms with van der Waals surface area (Å²) in [6.07, 6.45) is 0. The molecule has 1 heterocycles. The van der Waals surface area contributed by atoms with Gasteiger partial charge >= 0.3 is 0 Å². The van der Waals surface area contributed by atoms with Crippen molar-refractivity contribution in [2.75, 3.05) is 12.4 Å². The van der Waals surface area contributed by atoms with Gasteiger partial charge in [-0.05, 0) is 62.9 Å². The number of aryl methyl sites for hydroxylation is 2. The molecule has 2 aromatic carbocycles. The zero-order valence-electron chi connectivity index (χ0n) is 15.0. The molecule has 1 aromatic heterocycles. The molecule has 3 rings (SSSR count). The van der Waals surface area contributed by atoms with Crippen molar-refractivity contribution < 1.29 is 17.7 Å². The Morgan fingerprint density at radius 1 is 1.07 bits per heavy atom. The van der Waals surface area contributed by atoms with Gasteiger partial charge in [-0.2, -0.15) is 4.98 Å². The van der Waals surface area contributed by atoms with E-state index in [1.807, 2.05) is 0 Å². The number of carbonyl (C=O) groups is 1. The lowest BCUT2D eigenvalue weighted by Crippen LogP contribution is -2.20. The van der Waals surface area contributed by atoms with Crippen LogP contribution in [0.4, 0.5) is 5.69 Å². The molecule has 0 spiro atoms. The van der Waals surface area contributed by atoms with Gasteiger partial charge in [-0.3, -0.25) is 4.79 Å². The van der Waals surface area contributed by atoms with Crippen LogP contribution in [0.25, 0.3) is 11.5 Å². The summed E-state index contributed by atoms with van der Waals surface area (Å²) in [4.78, 5) is 16.7. The third-order valence-electron chi connectivity index (χ3n) is 3.93. The number of aromatic nitrogens is 2. The molecule has 0 unspecified atom stereocenters. The van der Waals surface area contributed by atoms with Crippen LogP contribution in [-0.4, -0.2) is 31.5 Å². The zero-order chi connectivity index (χ0) is 19.6. The Morgan fingerprint density at radius 3 is 2.37 bits per heavy atom. The highest BCUT2D eigenvalue weighted by atomic mass is 32.2. The summed E-state index contributed by atoms with van der Waals surface area (Å²) in [5.74, 6) is 0.540. The summed E-state index contributed by atoms with van der Waals surface area (Å²) >= 11 is 0. The molecular weight excluding hydrogens is 368 g/mol. The minimum Gasteiger partial charge on any atom is -0.334 e. The van der Waals surface area contributed by atoms with E-state index in [2.05, 4.69) is 20.2 Å². The maximum absolute atomic E-state index is 12.5. The molecule has 3 aromatic rings. The first-order chi connectivity index (χ1) is 12.8. The van der Waals surface area contributed by atoms with E-state index in [1.54, 1.807) is 50.2 Å². The first-order valence-corrected chi connectivity index (χ1v) is 9.55. The van der Waals surface area contributed by atoms with Crippen LogP contribution in [0, 0.1) is 13.8 Å². The van der Waals surface area contributed by atoms with Gasteiger partial charge in [-0.25, -0.2) is 13.1 Å².